The first-order chi connectivity index (χ1) is 5.90. The second-order valence-electron chi connectivity index (χ2n) is 4.55. The lowest BCUT2D eigenvalue weighted by Gasteiger charge is -2.45. The lowest BCUT2D eigenvalue weighted by atomic mass is 9.86. The quantitative estimate of drug-likeness (QED) is 0.712. The minimum absolute atomic E-state index is 0.0804. The van der Waals surface area contributed by atoms with E-state index in [-0.39, 0.29) is 12.1 Å². The van der Waals surface area contributed by atoms with Gasteiger partial charge in [0.1, 0.15) is 0 Å². The molecule has 0 bridgehead atoms. The number of likely N-dealkylation sites (N-methyl/N-ethyl adjacent to an activating group) is 1. The van der Waals surface area contributed by atoms with Gasteiger partial charge in [0.15, 0.2) is 0 Å². The molecule has 0 aliphatic heterocycles. The van der Waals surface area contributed by atoms with Crippen molar-refractivity contribution >= 4 is 0 Å². The van der Waals surface area contributed by atoms with Gasteiger partial charge in [-0.05, 0) is 33.2 Å². The van der Waals surface area contributed by atoms with Crippen LogP contribution in [-0.4, -0.2) is 34.7 Å². The molecule has 0 aromatic carbocycles. The van der Waals surface area contributed by atoms with Crippen LogP contribution in [0.3, 0.4) is 0 Å². The standard InChI is InChI=1S/C11H25NO/c1-7-12(10(4)5)11(6,8-13)9(2)3/h9-10,13H,7-8H2,1-6H3. The Kier molecular flexibility index (Phi) is 4.93. The Bertz CT molecular complexity index is 145. The van der Waals surface area contributed by atoms with E-state index in [4.69, 9.17) is 0 Å². The molecule has 0 aliphatic carbocycles. The second-order valence-corrected chi connectivity index (χ2v) is 4.55. The summed E-state index contributed by atoms with van der Waals surface area (Å²) in [5.74, 6) is 0.472. The molecule has 0 radical (unpaired) electrons. The highest BCUT2D eigenvalue weighted by atomic mass is 16.3. The maximum atomic E-state index is 9.46. The third-order valence-corrected chi connectivity index (χ3v) is 3.18. The summed E-state index contributed by atoms with van der Waals surface area (Å²) in [6.45, 7) is 14.2. The second kappa shape index (κ2) is 4.97. The first-order valence-electron chi connectivity index (χ1n) is 5.27. The number of rotatable bonds is 5. The van der Waals surface area contributed by atoms with Gasteiger partial charge >= 0.3 is 0 Å². The lowest BCUT2D eigenvalue weighted by Crippen LogP contribution is -2.55. The van der Waals surface area contributed by atoms with Gasteiger partial charge in [0.05, 0.1) is 6.61 Å². The molecule has 2 nitrogen and oxygen atoms in total. The van der Waals surface area contributed by atoms with Crippen LogP contribution >= 0.6 is 0 Å². The minimum atomic E-state index is -0.0804. The fraction of sp³-hybridized carbons (Fsp3) is 1.00. The van der Waals surface area contributed by atoms with Crippen LogP contribution in [0.15, 0.2) is 0 Å². The maximum Gasteiger partial charge on any atom is 0.0615 e. The van der Waals surface area contributed by atoms with Gasteiger partial charge in [0, 0.05) is 11.6 Å². The molecule has 0 saturated heterocycles. The van der Waals surface area contributed by atoms with Crippen molar-refractivity contribution < 1.29 is 5.11 Å². The Morgan fingerprint density at radius 2 is 1.69 bits per heavy atom. The van der Waals surface area contributed by atoms with Crippen LogP contribution in [0.1, 0.15) is 41.5 Å². The van der Waals surface area contributed by atoms with Crippen molar-refractivity contribution in [3.05, 3.63) is 0 Å². The van der Waals surface area contributed by atoms with Crippen molar-refractivity contribution in [3.63, 3.8) is 0 Å². The highest BCUT2D eigenvalue weighted by Gasteiger charge is 2.34. The number of aliphatic hydroxyl groups excluding tert-OH is 1. The average molecular weight is 187 g/mol. The van der Waals surface area contributed by atoms with Crippen molar-refractivity contribution in [3.8, 4) is 0 Å². The lowest BCUT2D eigenvalue weighted by molar-refractivity contribution is -0.00878. The zero-order valence-corrected chi connectivity index (χ0v) is 9.96. The largest absolute Gasteiger partial charge is 0.394 e. The highest BCUT2D eigenvalue weighted by Crippen LogP contribution is 2.25. The number of hydrogen-bond acceptors (Lipinski definition) is 2. The SMILES string of the molecule is CCN(C(C)C)C(C)(CO)C(C)C. The molecule has 2 heteroatoms. The van der Waals surface area contributed by atoms with Crippen LogP contribution < -0.4 is 0 Å². The highest BCUT2D eigenvalue weighted by molar-refractivity contribution is 4.89. The molecule has 0 amide bonds. The summed E-state index contributed by atoms with van der Waals surface area (Å²) in [6.07, 6.45) is 0. The van der Waals surface area contributed by atoms with Gasteiger partial charge in [-0.2, -0.15) is 0 Å². The monoisotopic (exact) mass is 187 g/mol. The van der Waals surface area contributed by atoms with Gasteiger partial charge in [-0.1, -0.05) is 20.8 Å². The van der Waals surface area contributed by atoms with E-state index in [0.717, 1.165) is 6.54 Å². The summed E-state index contributed by atoms with van der Waals surface area (Å²) in [5, 5.41) is 9.46. The Morgan fingerprint density at radius 3 is 1.77 bits per heavy atom. The average Bonchev–Trinajstić information content (AvgIpc) is 2.04. The Hall–Kier alpha value is -0.0800. The van der Waals surface area contributed by atoms with Crippen molar-refractivity contribution in [2.45, 2.75) is 53.1 Å². The summed E-state index contributed by atoms with van der Waals surface area (Å²) in [6, 6.07) is 0.490. The van der Waals surface area contributed by atoms with E-state index in [1.807, 2.05) is 0 Å². The third kappa shape index (κ3) is 2.68. The maximum absolute atomic E-state index is 9.46. The van der Waals surface area contributed by atoms with Gasteiger partial charge < -0.3 is 5.11 Å². The third-order valence-electron chi connectivity index (χ3n) is 3.18. The number of aliphatic hydroxyl groups is 1. The zero-order chi connectivity index (χ0) is 10.6. The minimum Gasteiger partial charge on any atom is -0.394 e. The molecule has 1 unspecified atom stereocenters. The molecule has 0 spiro atoms. The fourth-order valence-electron chi connectivity index (χ4n) is 1.92. The summed E-state index contributed by atoms with van der Waals surface area (Å²) < 4.78 is 0. The molecule has 0 aromatic rings. The van der Waals surface area contributed by atoms with Crippen molar-refractivity contribution in [2.24, 2.45) is 5.92 Å². The Labute approximate surface area is 82.9 Å². The van der Waals surface area contributed by atoms with Crippen molar-refractivity contribution in [2.75, 3.05) is 13.2 Å². The fourth-order valence-corrected chi connectivity index (χ4v) is 1.92. The normalized spacial score (nSPS) is 17.1. The van der Waals surface area contributed by atoms with Crippen LogP contribution in [0.2, 0.25) is 0 Å². The Morgan fingerprint density at radius 1 is 1.23 bits per heavy atom. The summed E-state index contributed by atoms with van der Waals surface area (Å²) in [5.41, 5.74) is -0.0804. The van der Waals surface area contributed by atoms with E-state index in [9.17, 15) is 5.11 Å². The molecule has 0 aliphatic rings. The smallest absolute Gasteiger partial charge is 0.0615 e. The summed E-state index contributed by atoms with van der Waals surface area (Å²) in [4.78, 5) is 2.36. The molecule has 80 valence electrons. The van der Waals surface area contributed by atoms with Gasteiger partial charge in [0.25, 0.3) is 0 Å². The van der Waals surface area contributed by atoms with Gasteiger partial charge in [-0.3, -0.25) is 4.90 Å². The molecule has 0 saturated carbocycles. The van der Waals surface area contributed by atoms with Crippen LogP contribution in [-0.2, 0) is 0 Å². The van der Waals surface area contributed by atoms with Crippen LogP contribution in [0.4, 0.5) is 0 Å². The molecule has 0 fully saturated rings. The molecule has 13 heavy (non-hydrogen) atoms. The van der Waals surface area contributed by atoms with Crippen molar-refractivity contribution in [1.82, 2.24) is 4.90 Å². The molecule has 1 atom stereocenters. The van der Waals surface area contributed by atoms with Crippen LogP contribution in [0.25, 0.3) is 0 Å². The van der Waals surface area contributed by atoms with E-state index < -0.39 is 0 Å². The molecule has 0 rings (SSSR count). The van der Waals surface area contributed by atoms with Gasteiger partial charge in [0.2, 0.25) is 0 Å². The molecule has 1 N–H and O–H groups in total. The van der Waals surface area contributed by atoms with E-state index in [2.05, 4.69) is 46.4 Å². The molecular formula is C11H25NO. The predicted molar refractivity (Wildman–Crippen MR) is 57.8 cm³/mol. The molecule has 0 heterocycles. The van der Waals surface area contributed by atoms with E-state index in [1.165, 1.54) is 0 Å². The van der Waals surface area contributed by atoms with Crippen molar-refractivity contribution in [1.29, 1.82) is 0 Å². The van der Waals surface area contributed by atoms with Crippen LogP contribution in [0.5, 0.6) is 0 Å². The van der Waals surface area contributed by atoms with E-state index >= 15 is 0 Å². The molecular weight excluding hydrogens is 162 g/mol. The first-order valence-corrected chi connectivity index (χ1v) is 5.27. The number of nitrogens with zero attached hydrogens (tertiary/aromatic N) is 1. The summed E-state index contributed by atoms with van der Waals surface area (Å²) in [7, 11) is 0. The summed E-state index contributed by atoms with van der Waals surface area (Å²) >= 11 is 0. The van der Waals surface area contributed by atoms with Gasteiger partial charge in [-0.15, -0.1) is 0 Å². The predicted octanol–water partition coefficient (Wildman–Crippen LogP) is 2.12. The van der Waals surface area contributed by atoms with E-state index in [0.29, 0.717) is 12.0 Å². The van der Waals surface area contributed by atoms with Crippen LogP contribution in [0, 0.1) is 5.92 Å². The first kappa shape index (κ1) is 12.9. The Balaban J connectivity index is 4.69. The zero-order valence-electron chi connectivity index (χ0n) is 9.96. The number of hydrogen-bond donors (Lipinski definition) is 1. The van der Waals surface area contributed by atoms with Gasteiger partial charge in [-0.25, -0.2) is 0 Å². The molecule has 0 aromatic heterocycles. The van der Waals surface area contributed by atoms with E-state index in [1.54, 1.807) is 0 Å². The topological polar surface area (TPSA) is 23.5 Å².